The number of benzene rings is 1. The summed E-state index contributed by atoms with van der Waals surface area (Å²) in [6.07, 6.45) is 5.30. The maximum absolute atomic E-state index is 3.56. The van der Waals surface area contributed by atoms with Crippen LogP contribution in [-0.2, 0) is 13.0 Å². The summed E-state index contributed by atoms with van der Waals surface area (Å²) in [5, 5.41) is 3.56. The van der Waals surface area contributed by atoms with Gasteiger partial charge in [0.25, 0.3) is 0 Å². The van der Waals surface area contributed by atoms with E-state index in [1.807, 2.05) is 0 Å². The van der Waals surface area contributed by atoms with Crippen molar-refractivity contribution in [2.24, 2.45) is 5.41 Å². The Bertz CT molecular complexity index is 404. The first-order chi connectivity index (χ1) is 9.30. The molecule has 0 bridgehead atoms. The number of nitrogens with zero attached hydrogens (tertiary/aromatic N) is 1. The number of likely N-dealkylation sites (tertiary alicyclic amines) is 1. The molecule has 104 valence electrons. The van der Waals surface area contributed by atoms with Gasteiger partial charge in [0.05, 0.1) is 0 Å². The smallest absolute Gasteiger partial charge is 0.0233 e. The minimum Gasteiger partial charge on any atom is -0.316 e. The number of piperidine rings is 1. The fourth-order valence-electron chi connectivity index (χ4n) is 3.73. The predicted molar refractivity (Wildman–Crippen MR) is 80.3 cm³/mol. The van der Waals surface area contributed by atoms with E-state index in [0.717, 1.165) is 13.0 Å². The van der Waals surface area contributed by atoms with Crippen molar-refractivity contribution in [2.75, 3.05) is 26.2 Å². The lowest BCUT2D eigenvalue weighted by molar-refractivity contribution is 0.0978. The minimum absolute atomic E-state index is 0.585. The molecule has 1 spiro atoms. The molecule has 1 aromatic rings. The molecule has 1 aromatic carbocycles. The van der Waals surface area contributed by atoms with Gasteiger partial charge >= 0.3 is 0 Å². The molecule has 3 rings (SSSR count). The zero-order valence-electron chi connectivity index (χ0n) is 12.1. The third-order valence-electron chi connectivity index (χ3n) is 4.91. The normalized spacial score (nSPS) is 28.1. The molecule has 2 saturated heterocycles. The third-order valence-corrected chi connectivity index (χ3v) is 4.91. The van der Waals surface area contributed by atoms with Crippen LogP contribution in [0.3, 0.4) is 0 Å². The van der Waals surface area contributed by atoms with Crippen molar-refractivity contribution in [1.29, 1.82) is 0 Å². The Morgan fingerprint density at radius 1 is 1.16 bits per heavy atom. The fourth-order valence-corrected chi connectivity index (χ4v) is 3.73. The second-order valence-electron chi connectivity index (χ2n) is 6.41. The number of hydrogen-bond donors (Lipinski definition) is 1. The fraction of sp³-hybridized carbons (Fsp3) is 0.647. The molecule has 1 N–H and O–H groups in total. The van der Waals surface area contributed by atoms with E-state index in [1.54, 1.807) is 0 Å². The second-order valence-corrected chi connectivity index (χ2v) is 6.41. The summed E-state index contributed by atoms with van der Waals surface area (Å²) < 4.78 is 0. The molecular weight excluding hydrogens is 232 g/mol. The summed E-state index contributed by atoms with van der Waals surface area (Å²) in [5.74, 6) is 0. The van der Waals surface area contributed by atoms with E-state index < -0.39 is 0 Å². The molecule has 1 unspecified atom stereocenters. The van der Waals surface area contributed by atoms with Gasteiger partial charge in [-0.25, -0.2) is 0 Å². The summed E-state index contributed by atoms with van der Waals surface area (Å²) in [7, 11) is 0. The second kappa shape index (κ2) is 5.64. The predicted octanol–water partition coefficient (Wildman–Crippen LogP) is 2.82. The third kappa shape index (κ3) is 3.01. The molecule has 2 heteroatoms. The van der Waals surface area contributed by atoms with Crippen LogP contribution < -0.4 is 5.32 Å². The number of rotatable bonds is 3. The lowest BCUT2D eigenvalue weighted by Gasteiger charge is -2.40. The van der Waals surface area contributed by atoms with Gasteiger partial charge in [0.1, 0.15) is 0 Å². The first-order valence-electron chi connectivity index (χ1n) is 7.81. The van der Waals surface area contributed by atoms with Crippen molar-refractivity contribution in [3.8, 4) is 0 Å². The quantitative estimate of drug-likeness (QED) is 0.897. The highest BCUT2D eigenvalue weighted by molar-refractivity contribution is 5.22. The maximum Gasteiger partial charge on any atom is 0.0233 e. The van der Waals surface area contributed by atoms with Gasteiger partial charge in [0.2, 0.25) is 0 Å². The van der Waals surface area contributed by atoms with E-state index in [9.17, 15) is 0 Å². The van der Waals surface area contributed by atoms with Gasteiger partial charge in [-0.05, 0) is 55.3 Å². The zero-order valence-corrected chi connectivity index (χ0v) is 12.1. The molecule has 1 atom stereocenters. The number of nitrogens with one attached hydrogen (secondary N) is 1. The molecule has 2 heterocycles. The molecule has 0 saturated carbocycles. The van der Waals surface area contributed by atoms with E-state index in [1.165, 1.54) is 56.6 Å². The molecule has 2 aliphatic rings. The van der Waals surface area contributed by atoms with Crippen LogP contribution in [0.2, 0.25) is 0 Å². The molecule has 2 nitrogen and oxygen atoms in total. The Labute approximate surface area is 117 Å². The molecule has 2 fully saturated rings. The van der Waals surface area contributed by atoms with Crippen molar-refractivity contribution < 1.29 is 0 Å². The van der Waals surface area contributed by atoms with Crippen LogP contribution in [0.4, 0.5) is 0 Å². The Kier molecular flexibility index (Phi) is 3.90. The van der Waals surface area contributed by atoms with Gasteiger partial charge in [-0.2, -0.15) is 0 Å². The van der Waals surface area contributed by atoms with E-state index in [4.69, 9.17) is 0 Å². The van der Waals surface area contributed by atoms with Crippen LogP contribution in [0, 0.1) is 5.41 Å². The van der Waals surface area contributed by atoms with E-state index in [-0.39, 0.29) is 0 Å². The largest absolute Gasteiger partial charge is 0.316 e. The van der Waals surface area contributed by atoms with Crippen LogP contribution in [-0.4, -0.2) is 31.1 Å². The van der Waals surface area contributed by atoms with Crippen LogP contribution in [0.25, 0.3) is 0 Å². The number of hydrogen-bond acceptors (Lipinski definition) is 2. The van der Waals surface area contributed by atoms with Crippen molar-refractivity contribution in [2.45, 2.75) is 39.2 Å². The molecule has 0 aromatic heterocycles. The van der Waals surface area contributed by atoms with Crippen molar-refractivity contribution in [1.82, 2.24) is 10.2 Å². The lowest BCUT2D eigenvalue weighted by atomic mass is 9.79. The van der Waals surface area contributed by atoms with Crippen LogP contribution in [0.5, 0.6) is 0 Å². The summed E-state index contributed by atoms with van der Waals surface area (Å²) in [6.45, 7) is 8.37. The standard InChI is InChI=1S/C17H26N2/c1-2-15-4-6-16(7-5-15)12-19-11-3-8-17(14-19)9-10-18-13-17/h4-7,18H,2-3,8-14H2,1H3. The van der Waals surface area contributed by atoms with Gasteiger partial charge in [-0.1, -0.05) is 31.2 Å². The van der Waals surface area contributed by atoms with Gasteiger partial charge in [-0.15, -0.1) is 0 Å². The van der Waals surface area contributed by atoms with E-state index >= 15 is 0 Å². The molecule has 0 amide bonds. The summed E-state index contributed by atoms with van der Waals surface area (Å²) >= 11 is 0. The highest BCUT2D eigenvalue weighted by Gasteiger charge is 2.37. The highest BCUT2D eigenvalue weighted by atomic mass is 15.1. The zero-order chi connectivity index (χ0) is 13.1. The summed E-state index contributed by atoms with van der Waals surface area (Å²) in [5.41, 5.74) is 3.50. The first-order valence-corrected chi connectivity index (χ1v) is 7.81. The average Bonchev–Trinajstić information content (AvgIpc) is 2.88. The highest BCUT2D eigenvalue weighted by Crippen LogP contribution is 2.35. The SMILES string of the molecule is CCc1ccc(CN2CCCC3(CCNC3)C2)cc1. The van der Waals surface area contributed by atoms with Crippen molar-refractivity contribution in [3.05, 3.63) is 35.4 Å². The van der Waals surface area contributed by atoms with Gasteiger partial charge in [0.15, 0.2) is 0 Å². The van der Waals surface area contributed by atoms with Crippen LogP contribution in [0.1, 0.15) is 37.3 Å². The molecule has 0 aliphatic carbocycles. The van der Waals surface area contributed by atoms with E-state index in [0.29, 0.717) is 5.41 Å². The average molecular weight is 258 g/mol. The first kappa shape index (κ1) is 13.1. The molecule has 19 heavy (non-hydrogen) atoms. The molecular formula is C17H26N2. The van der Waals surface area contributed by atoms with Crippen molar-refractivity contribution >= 4 is 0 Å². The van der Waals surface area contributed by atoms with Crippen molar-refractivity contribution in [3.63, 3.8) is 0 Å². The Morgan fingerprint density at radius 3 is 2.63 bits per heavy atom. The van der Waals surface area contributed by atoms with Gasteiger partial charge < -0.3 is 5.32 Å². The maximum atomic E-state index is 3.56. The molecule has 2 aliphatic heterocycles. The summed E-state index contributed by atoms with van der Waals surface area (Å²) in [4.78, 5) is 2.66. The van der Waals surface area contributed by atoms with Gasteiger partial charge in [0, 0.05) is 19.6 Å². The van der Waals surface area contributed by atoms with Crippen LogP contribution >= 0.6 is 0 Å². The minimum atomic E-state index is 0.585. The van der Waals surface area contributed by atoms with E-state index in [2.05, 4.69) is 41.4 Å². The Morgan fingerprint density at radius 2 is 1.95 bits per heavy atom. The van der Waals surface area contributed by atoms with Crippen LogP contribution in [0.15, 0.2) is 24.3 Å². The lowest BCUT2D eigenvalue weighted by Crippen LogP contribution is -2.43. The summed E-state index contributed by atoms with van der Waals surface area (Å²) in [6, 6.07) is 9.19. The van der Waals surface area contributed by atoms with Gasteiger partial charge in [-0.3, -0.25) is 4.90 Å². The topological polar surface area (TPSA) is 15.3 Å². The monoisotopic (exact) mass is 258 g/mol. The Hall–Kier alpha value is -0.860. The Balaban J connectivity index is 1.62. The number of aryl methyl sites for hydroxylation is 1. The molecule has 0 radical (unpaired) electrons.